The predicted octanol–water partition coefficient (Wildman–Crippen LogP) is 1.37. The van der Waals surface area contributed by atoms with Gasteiger partial charge in [-0.3, -0.25) is 19.1 Å². The Labute approximate surface area is 141 Å². The molecule has 0 N–H and O–H groups in total. The van der Waals surface area contributed by atoms with E-state index in [-0.39, 0.29) is 23.8 Å². The van der Waals surface area contributed by atoms with E-state index in [1.807, 2.05) is 15.6 Å². The second-order valence-electron chi connectivity index (χ2n) is 7.20. The maximum Gasteiger partial charge on any atom is 0.248 e. The number of nitrogens with zero attached hydrogens (tertiary/aromatic N) is 4. The molecule has 1 saturated carbocycles. The van der Waals surface area contributed by atoms with Gasteiger partial charge in [-0.05, 0) is 31.2 Å². The molecule has 0 spiro atoms. The molecule has 1 aromatic rings. The third-order valence-electron chi connectivity index (χ3n) is 5.31. The largest absolute Gasteiger partial charge is 0.334 e. The lowest BCUT2D eigenvalue weighted by Gasteiger charge is -2.35. The molecule has 7 nitrogen and oxygen atoms in total. The van der Waals surface area contributed by atoms with Gasteiger partial charge in [-0.2, -0.15) is 5.10 Å². The lowest BCUT2D eigenvalue weighted by atomic mass is 10.1. The van der Waals surface area contributed by atoms with Crippen molar-refractivity contribution in [3.8, 4) is 0 Å². The smallest absolute Gasteiger partial charge is 0.248 e. The summed E-state index contributed by atoms with van der Waals surface area (Å²) in [6.07, 6.45) is 5.03. The summed E-state index contributed by atoms with van der Waals surface area (Å²) in [4.78, 5) is 32.5. The van der Waals surface area contributed by atoms with Crippen molar-refractivity contribution in [1.82, 2.24) is 19.7 Å². The molecule has 0 radical (unpaired) electrons. The Morgan fingerprint density at radius 2 is 2.21 bits per heavy atom. The maximum atomic E-state index is 12.6. The zero-order valence-electron chi connectivity index (χ0n) is 14.1. The summed E-state index contributed by atoms with van der Waals surface area (Å²) < 4.78 is 1.90. The van der Waals surface area contributed by atoms with Crippen LogP contribution in [-0.2, 0) is 21.0 Å². The van der Waals surface area contributed by atoms with Crippen molar-refractivity contribution in [3.63, 3.8) is 0 Å². The summed E-state index contributed by atoms with van der Waals surface area (Å²) in [5, 5.41) is 5.86. The van der Waals surface area contributed by atoms with E-state index in [4.69, 9.17) is 4.84 Å². The molecule has 0 bridgehead atoms. The van der Waals surface area contributed by atoms with Crippen molar-refractivity contribution >= 4 is 11.8 Å². The zero-order chi connectivity index (χ0) is 16.7. The summed E-state index contributed by atoms with van der Waals surface area (Å²) in [6, 6.07) is 1.82. The van der Waals surface area contributed by atoms with Crippen LogP contribution in [0.3, 0.4) is 0 Å². The Balaban J connectivity index is 1.47. The van der Waals surface area contributed by atoms with Gasteiger partial charge in [0.1, 0.15) is 0 Å². The van der Waals surface area contributed by atoms with E-state index in [0.29, 0.717) is 38.6 Å². The van der Waals surface area contributed by atoms with Gasteiger partial charge in [-0.15, -0.1) is 0 Å². The first kappa shape index (κ1) is 15.6. The first-order valence-corrected chi connectivity index (χ1v) is 8.88. The number of rotatable bonds is 3. The number of hydrogen-bond donors (Lipinski definition) is 0. The Bertz CT molecular complexity index is 638. The van der Waals surface area contributed by atoms with Crippen LogP contribution in [0.25, 0.3) is 0 Å². The van der Waals surface area contributed by atoms with Crippen molar-refractivity contribution < 1.29 is 14.4 Å². The van der Waals surface area contributed by atoms with Crippen molar-refractivity contribution in [2.24, 2.45) is 11.8 Å². The van der Waals surface area contributed by atoms with Crippen LogP contribution in [-0.4, -0.2) is 51.3 Å². The molecule has 3 aliphatic rings. The Morgan fingerprint density at radius 3 is 2.92 bits per heavy atom. The average Bonchev–Trinajstić information content (AvgIpc) is 3.13. The van der Waals surface area contributed by atoms with Crippen LogP contribution in [0.1, 0.15) is 44.3 Å². The maximum absolute atomic E-state index is 12.6. The molecule has 2 aliphatic heterocycles. The minimum atomic E-state index is -0.111. The molecule has 1 aliphatic carbocycles. The van der Waals surface area contributed by atoms with E-state index >= 15 is 0 Å². The van der Waals surface area contributed by atoms with Crippen molar-refractivity contribution in [2.75, 3.05) is 19.7 Å². The summed E-state index contributed by atoms with van der Waals surface area (Å²) in [5.41, 5.74) is 1.00. The number of hydrogen-bond acceptors (Lipinski definition) is 4. The van der Waals surface area contributed by atoms with Crippen LogP contribution in [0.2, 0.25) is 0 Å². The Kier molecular flexibility index (Phi) is 4.04. The SMILES string of the molecule is C[C@@H]1C[C@@H]1C(=O)N1Cc2ccnn2[C@@H](CC(=O)N2CCCCO2)C1. The van der Waals surface area contributed by atoms with Crippen LogP contribution in [0.4, 0.5) is 0 Å². The molecule has 3 heterocycles. The van der Waals surface area contributed by atoms with E-state index in [0.717, 1.165) is 25.0 Å². The quantitative estimate of drug-likeness (QED) is 0.838. The molecule has 0 unspecified atom stereocenters. The normalized spacial score (nSPS) is 29.3. The second-order valence-corrected chi connectivity index (χ2v) is 7.20. The molecule has 0 aromatic carbocycles. The number of fused-ring (bicyclic) bond motifs is 1. The summed E-state index contributed by atoms with van der Waals surface area (Å²) in [7, 11) is 0. The molecule has 3 atom stereocenters. The van der Waals surface area contributed by atoms with E-state index in [9.17, 15) is 9.59 Å². The van der Waals surface area contributed by atoms with Crippen LogP contribution < -0.4 is 0 Å². The topological polar surface area (TPSA) is 67.7 Å². The highest BCUT2D eigenvalue weighted by atomic mass is 16.7. The minimum absolute atomic E-state index is 0.0183. The van der Waals surface area contributed by atoms with Gasteiger partial charge in [0.15, 0.2) is 0 Å². The predicted molar refractivity (Wildman–Crippen MR) is 85.5 cm³/mol. The van der Waals surface area contributed by atoms with Crippen LogP contribution in [0.15, 0.2) is 12.3 Å². The van der Waals surface area contributed by atoms with E-state index in [1.54, 1.807) is 6.20 Å². The lowest BCUT2D eigenvalue weighted by Crippen LogP contribution is -2.44. The summed E-state index contributed by atoms with van der Waals surface area (Å²) >= 11 is 0. The molecular formula is C17H24N4O3. The molecule has 7 heteroatoms. The number of aromatic nitrogens is 2. The monoisotopic (exact) mass is 332 g/mol. The third-order valence-corrected chi connectivity index (χ3v) is 5.31. The highest BCUT2D eigenvalue weighted by Crippen LogP contribution is 2.40. The minimum Gasteiger partial charge on any atom is -0.334 e. The standard InChI is InChI=1S/C17H24N4O3/c1-12-8-15(12)17(23)19-10-13-4-5-18-21(13)14(11-19)9-16(22)20-6-2-3-7-24-20/h4-5,12,14-15H,2-3,6-11H2,1H3/t12-,14+,15+/m1/s1. The average molecular weight is 332 g/mol. The van der Waals surface area contributed by atoms with Gasteiger partial charge in [-0.1, -0.05) is 6.92 Å². The molecule has 4 rings (SSSR count). The number of carbonyl (C=O) groups is 2. The fourth-order valence-corrected chi connectivity index (χ4v) is 3.70. The van der Waals surface area contributed by atoms with Gasteiger partial charge >= 0.3 is 0 Å². The Hall–Kier alpha value is -1.89. The molecular weight excluding hydrogens is 308 g/mol. The summed E-state index contributed by atoms with van der Waals surface area (Å²) in [6.45, 7) is 4.52. The van der Waals surface area contributed by atoms with Crippen LogP contribution in [0, 0.1) is 11.8 Å². The lowest BCUT2D eigenvalue weighted by molar-refractivity contribution is -0.198. The van der Waals surface area contributed by atoms with Gasteiger partial charge in [0.25, 0.3) is 0 Å². The first-order chi connectivity index (χ1) is 11.6. The van der Waals surface area contributed by atoms with Gasteiger partial charge in [-0.25, -0.2) is 5.06 Å². The molecule has 2 fully saturated rings. The fourth-order valence-electron chi connectivity index (χ4n) is 3.70. The van der Waals surface area contributed by atoms with E-state index < -0.39 is 0 Å². The highest BCUT2D eigenvalue weighted by Gasteiger charge is 2.43. The molecule has 1 aromatic heterocycles. The zero-order valence-corrected chi connectivity index (χ0v) is 14.1. The molecule has 24 heavy (non-hydrogen) atoms. The van der Waals surface area contributed by atoms with Crippen molar-refractivity contribution in [3.05, 3.63) is 18.0 Å². The summed E-state index contributed by atoms with van der Waals surface area (Å²) in [5.74, 6) is 0.865. The number of carbonyl (C=O) groups excluding carboxylic acids is 2. The molecule has 2 amide bonds. The van der Waals surface area contributed by atoms with Crippen LogP contribution >= 0.6 is 0 Å². The third kappa shape index (κ3) is 2.92. The molecule has 130 valence electrons. The van der Waals surface area contributed by atoms with Gasteiger partial charge < -0.3 is 4.90 Å². The highest BCUT2D eigenvalue weighted by molar-refractivity contribution is 5.82. The number of amides is 2. The van der Waals surface area contributed by atoms with Gasteiger partial charge in [0.2, 0.25) is 11.8 Å². The van der Waals surface area contributed by atoms with Crippen molar-refractivity contribution in [1.29, 1.82) is 0 Å². The fraction of sp³-hybridized carbons (Fsp3) is 0.706. The van der Waals surface area contributed by atoms with E-state index in [2.05, 4.69) is 12.0 Å². The molecule has 1 saturated heterocycles. The first-order valence-electron chi connectivity index (χ1n) is 8.88. The number of hydroxylamine groups is 2. The van der Waals surface area contributed by atoms with E-state index in [1.165, 1.54) is 5.06 Å². The van der Waals surface area contributed by atoms with Crippen molar-refractivity contribution in [2.45, 2.75) is 45.2 Å². The Morgan fingerprint density at radius 1 is 1.38 bits per heavy atom. The second kappa shape index (κ2) is 6.20. The van der Waals surface area contributed by atoms with Gasteiger partial charge in [0, 0.05) is 25.2 Å². The van der Waals surface area contributed by atoms with Gasteiger partial charge in [0.05, 0.1) is 31.3 Å². The van der Waals surface area contributed by atoms with Crippen LogP contribution in [0.5, 0.6) is 0 Å².